The lowest BCUT2D eigenvalue weighted by molar-refractivity contribution is 0.601. The maximum atomic E-state index is 11.2. The second kappa shape index (κ2) is 9.63. The molecule has 1 aromatic rings. The van der Waals surface area contributed by atoms with E-state index in [0.29, 0.717) is 19.0 Å². The van der Waals surface area contributed by atoms with E-state index in [2.05, 4.69) is 21.5 Å². The van der Waals surface area contributed by atoms with Crippen molar-refractivity contribution in [3.8, 4) is 12.3 Å². The van der Waals surface area contributed by atoms with Crippen LogP contribution in [0.2, 0.25) is 0 Å². The number of terminal acetylenes is 1. The summed E-state index contributed by atoms with van der Waals surface area (Å²) in [6, 6.07) is 7.41. The zero-order valence-corrected chi connectivity index (χ0v) is 15.2. The van der Waals surface area contributed by atoms with Gasteiger partial charge in [0.25, 0.3) is 0 Å². The fourth-order valence-electron chi connectivity index (χ4n) is 1.60. The number of nitrogens with one attached hydrogen (secondary N) is 2. The van der Waals surface area contributed by atoms with Gasteiger partial charge in [-0.05, 0) is 11.1 Å². The molecule has 1 rings (SSSR count). The van der Waals surface area contributed by atoms with Gasteiger partial charge in [-0.25, -0.2) is 8.42 Å². The standard InChI is InChI=1S/C14H19N3O2S.HI/c1-4-9-16-14(15-2)17-10-12-5-7-13(8-6-12)11-20(3,18)19;/h1,5-8H,9-11H2,2-3H3,(H2,15,16,17);1H. The highest BCUT2D eigenvalue weighted by atomic mass is 127. The van der Waals surface area contributed by atoms with Crippen LogP contribution in [0.3, 0.4) is 0 Å². The number of guanidine groups is 1. The van der Waals surface area contributed by atoms with Gasteiger partial charge in [0.05, 0.1) is 12.3 Å². The molecule has 0 spiro atoms. The van der Waals surface area contributed by atoms with Gasteiger partial charge in [0, 0.05) is 19.8 Å². The highest BCUT2D eigenvalue weighted by molar-refractivity contribution is 14.0. The van der Waals surface area contributed by atoms with Crippen LogP contribution in [-0.2, 0) is 22.1 Å². The number of sulfone groups is 1. The maximum Gasteiger partial charge on any atom is 0.192 e. The molecule has 0 fully saturated rings. The third-order valence-corrected chi connectivity index (χ3v) is 3.35. The molecule has 0 radical (unpaired) electrons. The molecule has 7 heteroatoms. The lowest BCUT2D eigenvalue weighted by atomic mass is 10.1. The van der Waals surface area contributed by atoms with Crippen molar-refractivity contribution in [1.82, 2.24) is 10.6 Å². The van der Waals surface area contributed by atoms with Crippen LogP contribution < -0.4 is 10.6 Å². The molecule has 21 heavy (non-hydrogen) atoms. The van der Waals surface area contributed by atoms with E-state index in [0.717, 1.165) is 11.1 Å². The second-order valence-corrected chi connectivity index (χ2v) is 6.51. The van der Waals surface area contributed by atoms with Crippen molar-refractivity contribution in [1.29, 1.82) is 0 Å². The summed E-state index contributed by atoms with van der Waals surface area (Å²) in [7, 11) is -1.33. The van der Waals surface area contributed by atoms with E-state index in [1.807, 2.05) is 24.3 Å². The van der Waals surface area contributed by atoms with E-state index in [-0.39, 0.29) is 29.7 Å². The number of nitrogens with zero attached hydrogens (tertiary/aromatic N) is 1. The fraction of sp³-hybridized carbons (Fsp3) is 0.357. The highest BCUT2D eigenvalue weighted by Gasteiger charge is 2.04. The summed E-state index contributed by atoms with van der Waals surface area (Å²) >= 11 is 0. The van der Waals surface area contributed by atoms with Crippen molar-refractivity contribution >= 4 is 39.8 Å². The number of hydrogen-bond acceptors (Lipinski definition) is 3. The minimum absolute atomic E-state index is 0. The van der Waals surface area contributed by atoms with Gasteiger partial charge in [-0.15, -0.1) is 30.4 Å². The second-order valence-electron chi connectivity index (χ2n) is 4.37. The van der Waals surface area contributed by atoms with Gasteiger partial charge in [-0.3, -0.25) is 4.99 Å². The van der Waals surface area contributed by atoms with Crippen molar-refractivity contribution < 1.29 is 8.42 Å². The summed E-state index contributed by atoms with van der Waals surface area (Å²) in [4.78, 5) is 4.03. The predicted molar refractivity (Wildman–Crippen MR) is 97.4 cm³/mol. The van der Waals surface area contributed by atoms with E-state index in [1.54, 1.807) is 7.05 Å². The summed E-state index contributed by atoms with van der Waals surface area (Å²) in [5.41, 5.74) is 1.82. The molecule has 0 saturated carbocycles. The summed E-state index contributed by atoms with van der Waals surface area (Å²) in [6.07, 6.45) is 6.39. The predicted octanol–water partition coefficient (Wildman–Crippen LogP) is 1.15. The van der Waals surface area contributed by atoms with E-state index >= 15 is 0 Å². The van der Waals surface area contributed by atoms with E-state index < -0.39 is 9.84 Å². The van der Waals surface area contributed by atoms with Gasteiger partial charge in [-0.1, -0.05) is 30.2 Å². The molecular weight excluding hydrogens is 401 g/mol. The largest absolute Gasteiger partial charge is 0.352 e. The molecule has 1 aromatic carbocycles. The van der Waals surface area contributed by atoms with E-state index in [4.69, 9.17) is 6.42 Å². The summed E-state index contributed by atoms with van der Waals surface area (Å²) < 4.78 is 22.4. The molecule has 0 aliphatic carbocycles. The Morgan fingerprint density at radius 1 is 1.24 bits per heavy atom. The quantitative estimate of drug-likeness (QED) is 0.324. The van der Waals surface area contributed by atoms with Crippen LogP contribution in [-0.4, -0.2) is 34.2 Å². The lowest BCUT2D eigenvalue weighted by Crippen LogP contribution is -2.36. The first-order valence-electron chi connectivity index (χ1n) is 6.08. The molecule has 0 unspecified atom stereocenters. The van der Waals surface area contributed by atoms with Crippen molar-refractivity contribution in [2.45, 2.75) is 12.3 Å². The lowest BCUT2D eigenvalue weighted by Gasteiger charge is -2.10. The molecule has 0 amide bonds. The Labute approximate surface area is 143 Å². The number of rotatable bonds is 5. The van der Waals surface area contributed by atoms with E-state index in [1.165, 1.54) is 6.26 Å². The number of hydrogen-bond donors (Lipinski definition) is 2. The Kier molecular flexibility index (Phi) is 9.05. The van der Waals surface area contributed by atoms with Crippen molar-refractivity contribution in [3.63, 3.8) is 0 Å². The van der Waals surface area contributed by atoms with Crippen molar-refractivity contribution in [2.24, 2.45) is 4.99 Å². The summed E-state index contributed by atoms with van der Waals surface area (Å²) in [5.74, 6) is 3.16. The zero-order chi connectivity index (χ0) is 15.0. The average molecular weight is 421 g/mol. The van der Waals surface area contributed by atoms with Gasteiger partial charge in [0.2, 0.25) is 0 Å². The zero-order valence-electron chi connectivity index (χ0n) is 12.1. The first-order chi connectivity index (χ1) is 9.44. The Morgan fingerprint density at radius 2 is 1.81 bits per heavy atom. The SMILES string of the molecule is C#CCNC(=NC)NCc1ccc(CS(C)(=O)=O)cc1.I. The van der Waals surface area contributed by atoms with Crippen molar-refractivity contribution in [3.05, 3.63) is 35.4 Å². The highest BCUT2D eigenvalue weighted by Crippen LogP contribution is 2.07. The molecule has 0 aliphatic rings. The van der Waals surface area contributed by atoms with Crippen LogP contribution >= 0.6 is 24.0 Å². The maximum absolute atomic E-state index is 11.2. The summed E-state index contributed by atoms with van der Waals surface area (Å²) in [5, 5.41) is 6.07. The van der Waals surface area contributed by atoms with Crippen molar-refractivity contribution in [2.75, 3.05) is 19.8 Å². The topological polar surface area (TPSA) is 70.6 Å². The van der Waals surface area contributed by atoms with Gasteiger partial charge >= 0.3 is 0 Å². The monoisotopic (exact) mass is 421 g/mol. The molecule has 0 aliphatic heterocycles. The first kappa shape index (κ1) is 19.7. The Hall–Kier alpha value is -1.27. The third kappa shape index (κ3) is 8.57. The van der Waals surface area contributed by atoms with Crippen LogP contribution in [0.4, 0.5) is 0 Å². The smallest absolute Gasteiger partial charge is 0.192 e. The number of aliphatic imine (C=N–C) groups is 1. The third-order valence-electron chi connectivity index (χ3n) is 2.49. The fourth-order valence-corrected chi connectivity index (χ4v) is 2.40. The molecule has 116 valence electrons. The van der Waals surface area contributed by atoms with Crippen LogP contribution in [0.1, 0.15) is 11.1 Å². The summed E-state index contributed by atoms with van der Waals surface area (Å²) in [6.45, 7) is 0.996. The minimum atomic E-state index is -2.99. The molecule has 2 N–H and O–H groups in total. The number of halogens is 1. The Morgan fingerprint density at radius 3 is 2.29 bits per heavy atom. The normalized spacial score (nSPS) is 11.2. The molecule has 0 aromatic heterocycles. The Balaban J connectivity index is 0.00000400. The molecule has 0 saturated heterocycles. The van der Waals surface area contributed by atoms with Gasteiger partial charge in [0.15, 0.2) is 15.8 Å². The van der Waals surface area contributed by atoms with Gasteiger partial charge in [0.1, 0.15) is 0 Å². The number of benzene rings is 1. The van der Waals surface area contributed by atoms with Crippen LogP contribution in [0.25, 0.3) is 0 Å². The molecule has 0 bridgehead atoms. The van der Waals surface area contributed by atoms with Crippen LogP contribution in [0.5, 0.6) is 0 Å². The van der Waals surface area contributed by atoms with Crippen LogP contribution in [0, 0.1) is 12.3 Å². The molecular formula is C14H20IN3O2S. The van der Waals surface area contributed by atoms with E-state index in [9.17, 15) is 8.42 Å². The molecule has 0 atom stereocenters. The molecule has 5 nitrogen and oxygen atoms in total. The average Bonchev–Trinajstić information content (AvgIpc) is 2.39. The van der Waals surface area contributed by atoms with Gasteiger partial charge < -0.3 is 10.6 Å². The minimum Gasteiger partial charge on any atom is -0.352 e. The first-order valence-corrected chi connectivity index (χ1v) is 8.14. The Bertz CT molecular complexity index is 604. The van der Waals surface area contributed by atoms with Crippen LogP contribution in [0.15, 0.2) is 29.3 Å². The molecule has 0 heterocycles. The van der Waals surface area contributed by atoms with Gasteiger partial charge in [-0.2, -0.15) is 0 Å².